The molecule has 21 heavy (non-hydrogen) atoms. The van der Waals surface area contributed by atoms with E-state index in [-0.39, 0.29) is 6.04 Å². The summed E-state index contributed by atoms with van der Waals surface area (Å²) < 4.78 is 12.3. The van der Waals surface area contributed by atoms with Crippen LogP contribution in [0.25, 0.3) is 0 Å². The monoisotopic (exact) mass is 353 g/mol. The van der Waals surface area contributed by atoms with Crippen molar-refractivity contribution in [2.75, 3.05) is 13.2 Å². The molecule has 2 aliphatic rings. The van der Waals surface area contributed by atoms with Gasteiger partial charge >= 0.3 is 0 Å². The van der Waals surface area contributed by atoms with Crippen LogP contribution in [0.3, 0.4) is 0 Å². The summed E-state index contributed by atoms with van der Waals surface area (Å²) in [5.74, 6) is 2.41. The number of rotatable bonds is 3. The minimum absolute atomic E-state index is 0.0679. The van der Waals surface area contributed by atoms with Gasteiger partial charge in [0.15, 0.2) is 11.5 Å². The van der Waals surface area contributed by atoms with Crippen LogP contribution in [0.15, 0.2) is 16.6 Å². The Balaban J connectivity index is 1.72. The molecule has 1 aliphatic carbocycles. The van der Waals surface area contributed by atoms with Gasteiger partial charge in [-0.1, -0.05) is 54.5 Å². The second-order valence-corrected chi connectivity index (χ2v) is 7.07. The molecule has 1 aliphatic heterocycles. The predicted molar refractivity (Wildman–Crippen MR) is 87.9 cm³/mol. The zero-order chi connectivity index (χ0) is 14.7. The first-order valence-electron chi connectivity index (χ1n) is 8.08. The molecule has 0 spiro atoms. The Morgan fingerprint density at radius 2 is 1.67 bits per heavy atom. The Bertz CT molecular complexity index is 484. The van der Waals surface area contributed by atoms with Crippen molar-refractivity contribution in [3.63, 3.8) is 0 Å². The fraction of sp³-hybridized carbons (Fsp3) is 0.647. The van der Waals surface area contributed by atoms with Gasteiger partial charge in [-0.3, -0.25) is 0 Å². The number of ether oxygens (including phenoxy) is 2. The summed E-state index contributed by atoms with van der Waals surface area (Å²) >= 11 is 3.64. The lowest BCUT2D eigenvalue weighted by Gasteiger charge is -2.24. The van der Waals surface area contributed by atoms with Gasteiger partial charge in [-0.15, -0.1) is 0 Å². The van der Waals surface area contributed by atoms with Crippen molar-refractivity contribution in [3.8, 4) is 11.5 Å². The molecule has 0 radical (unpaired) electrons. The maximum absolute atomic E-state index is 6.48. The van der Waals surface area contributed by atoms with Crippen LogP contribution in [0.1, 0.15) is 56.6 Å². The lowest BCUT2D eigenvalue weighted by molar-refractivity contribution is 0.171. The molecule has 1 aromatic rings. The van der Waals surface area contributed by atoms with E-state index in [9.17, 15) is 0 Å². The Kier molecular flexibility index (Phi) is 5.07. The Labute approximate surface area is 135 Å². The van der Waals surface area contributed by atoms with E-state index >= 15 is 0 Å². The number of benzene rings is 1. The van der Waals surface area contributed by atoms with Gasteiger partial charge in [0.2, 0.25) is 0 Å². The van der Waals surface area contributed by atoms with Crippen molar-refractivity contribution >= 4 is 15.9 Å². The van der Waals surface area contributed by atoms with E-state index in [0.717, 1.165) is 33.9 Å². The smallest absolute Gasteiger partial charge is 0.162 e. The predicted octanol–water partition coefficient (Wildman–Crippen LogP) is 4.58. The van der Waals surface area contributed by atoms with E-state index in [1.54, 1.807) is 0 Å². The lowest BCUT2D eigenvalue weighted by Crippen LogP contribution is -2.19. The van der Waals surface area contributed by atoms with Crippen LogP contribution >= 0.6 is 15.9 Å². The minimum Gasteiger partial charge on any atom is -0.486 e. The zero-order valence-electron chi connectivity index (χ0n) is 12.4. The molecule has 1 saturated carbocycles. The molecule has 4 heteroatoms. The van der Waals surface area contributed by atoms with Crippen LogP contribution in [0.2, 0.25) is 0 Å². The topological polar surface area (TPSA) is 44.5 Å². The molecule has 2 N–H and O–H groups in total. The summed E-state index contributed by atoms with van der Waals surface area (Å²) in [6.07, 6.45) is 9.22. The SMILES string of the molecule is NC(CC1CCCCCC1)c1cc2c(cc1Br)OCCO2. The highest BCUT2D eigenvalue weighted by Crippen LogP contribution is 2.39. The molecular weight excluding hydrogens is 330 g/mol. The van der Waals surface area contributed by atoms with Gasteiger partial charge in [-0.2, -0.15) is 0 Å². The van der Waals surface area contributed by atoms with Gasteiger partial charge in [0.05, 0.1) is 0 Å². The number of nitrogens with two attached hydrogens (primary N) is 1. The van der Waals surface area contributed by atoms with Crippen LogP contribution in [0.4, 0.5) is 0 Å². The van der Waals surface area contributed by atoms with Crippen LogP contribution < -0.4 is 15.2 Å². The first-order chi connectivity index (χ1) is 10.2. The molecule has 1 aromatic carbocycles. The van der Waals surface area contributed by atoms with Crippen molar-refractivity contribution < 1.29 is 9.47 Å². The molecule has 1 atom stereocenters. The molecule has 116 valence electrons. The summed E-state index contributed by atoms with van der Waals surface area (Å²) in [6, 6.07) is 4.12. The molecule has 0 bridgehead atoms. The van der Waals surface area contributed by atoms with E-state index in [4.69, 9.17) is 15.2 Å². The third-order valence-electron chi connectivity index (χ3n) is 4.62. The first kappa shape index (κ1) is 15.2. The van der Waals surface area contributed by atoms with Crippen molar-refractivity contribution in [2.45, 2.75) is 51.0 Å². The normalized spacial score (nSPS) is 20.9. The second kappa shape index (κ2) is 7.01. The third-order valence-corrected chi connectivity index (χ3v) is 5.31. The van der Waals surface area contributed by atoms with Crippen LogP contribution in [-0.2, 0) is 0 Å². The fourth-order valence-electron chi connectivity index (χ4n) is 3.45. The number of halogens is 1. The molecule has 3 nitrogen and oxygen atoms in total. The maximum atomic E-state index is 6.48. The van der Waals surface area contributed by atoms with E-state index in [1.165, 1.54) is 38.5 Å². The van der Waals surface area contributed by atoms with Gasteiger partial charge in [0.1, 0.15) is 13.2 Å². The van der Waals surface area contributed by atoms with E-state index in [0.29, 0.717) is 13.2 Å². The third kappa shape index (κ3) is 3.72. The molecule has 0 amide bonds. The Morgan fingerprint density at radius 3 is 2.33 bits per heavy atom. The average molecular weight is 354 g/mol. The molecule has 1 unspecified atom stereocenters. The zero-order valence-corrected chi connectivity index (χ0v) is 14.0. The second-order valence-electron chi connectivity index (χ2n) is 6.22. The number of hydrogen-bond donors (Lipinski definition) is 1. The number of fused-ring (bicyclic) bond motifs is 1. The van der Waals surface area contributed by atoms with E-state index in [1.807, 2.05) is 6.07 Å². The molecule has 0 saturated heterocycles. The van der Waals surface area contributed by atoms with Crippen LogP contribution in [0.5, 0.6) is 11.5 Å². The first-order valence-corrected chi connectivity index (χ1v) is 8.88. The summed E-state index contributed by atoms with van der Waals surface area (Å²) in [5.41, 5.74) is 7.63. The molecule has 1 heterocycles. The van der Waals surface area contributed by atoms with Gasteiger partial charge < -0.3 is 15.2 Å². The number of hydrogen-bond acceptors (Lipinski definition) is 3. The standard InChI is InChI=1S/C17H24BrNO2/c18-14-11-17-16(20-7-8-21-17)10-13(14)15(19)9-12-5-3-1-2-4-6-12/h10-12,15H,1-9,19H2. The van der Waals surface area contributed by atoms with Gasteiger partial charge in [0, 0.05) is 10.5 Å². The highest BCUT2D eigenvalue weighted by Gasteiger charge is 2.21. The summed E-state index contributed by atoms with van der Waals surface area (Å²) in [4.78, 5) is 0. The van der Waals surface area contributed by atoms with E-state index in [2.05, 4.69) is 22.0 Å². The van der Waals surface area contributed by atoms with Crippen LogP contribution in [0, 0.1) is 5.92 Å². The molecule has 3 rings (SSSR count). The maximum Gasteiger partial charge on any atom is 0.162 e. The largest absolute Gasteiger partial charge is 0.486 e. The fourth-order valence-corrected chi connectivity index (χ4v) is 4.07. The quantitative estimate of drug-likeness (QED) is 0.808. The highest BCUT2D eigenvalue weighted by molar-refractivity contribution is 9.10. The Morgan fingerprint density at radius 1 is 1.05 bits per heavy atom. The van der Waals surface area contributed by atoms with Crippen molar-refractivity contribution in [1.82, 2.24) is 0 Å². The van der Waals surface area contributed by atoms with Gasteiger partial charge in [-0.05, 0) is 30.0 Å². The summed E-state index contributed by atoms with van der Waals surface area (Å²) in [5, 5.41) is 0. The Hall–Kier alpha value is -0.740. The van der Waals surface area contributed by atoms with Crippen molar-refractivity contribution in [3.05, 3.63) is 22.2 Å². The highest BCUT2D eigenvalue weighted by atomic mass is 79.9. The summed E-state index contributed by atoms with van der Waals surface area (Å²) in [7, 11) is 0. The van der Waals surface area contributed by atoms with Crippen LogP contribution in [-0.4, -0.2) is 13.2 Å². The average Bonchev–Trinajstić information content (AvgIpc) is 2.75. The lowest BCUT2D eigenvalue weighted by atomic mass is 9.90. The molecular formula is C17H24BrNO2. The summed E-state index contributed by atoms with van der Waals surface area (Å²) in [6.45, 7) is 1.23. The van der Waals surface area contributed by atoms with Gasteiger partial charge in [0.25, 0.3) is 0 Å². The van der Waals surface area contributed by atoms with Crippen molar-refractivity contribution in [2.24, 2.45) is 11.7 Å². The molecule has 1 fully saturated rings. The van der Waals surface area contributed by atoms with E-state index < -0.39 is 0 Å². The van der Waals surface area contributed by atoms with Crippen molar-refractivity contribution in [1.29, 1.82) is 0 Å². The van der Waals surface area contributed by atoms with Gasteiger partial charge in [-0.25, -0.2) is 0 Å². The minimum atomic E-state index is 0.0679. The molecule has 0 aromatic heterocycles.